The lowest BCUT2D eigenvalue weighted by molar-refractivity contribution is -0.138. The Balaban J connectivity index is 1.69. The van der Waals surface area contributed by atoms with Crippen LogP contribution in [0.1, 0.15) is 48.9 Å². The highest BCUT2D eigenvalue weighted by Crippen LogP contribution is 2.45. The number of nitrogens with zero attached hydrogens (tertiary/aromatic N) is 2. The van der Waals surface area contributed by atoms with Crippen molar-refractivity contribution in [1.29, 1.82) is 0 Å². The van der Waals surface area contributed by atoms with Crippen LogP contribution in [0, 0.1) is 6.92 Å². The van der Waals surface area contributed by atoms with Gasteiger partial charge in [0.15, 0.2) is 0 Å². The van der Waals surface area contributed by atoms with E-state index in [1.165, 1.54) is 23.5 Å². The zero-order valence-corrected chi connectivity index (χ0v) is 24.1. The molecule has 0 aliphatic carbocycles. The van der Waals surface area contributed by atoms with E-state index >= 15 is 0 Å². The summed E-state index contributed by atoms with van der Waals surface area (Å²) in [6, 6.07) is 9.77. The number of halogens is 4. The van der Waals surface area contributed by atoms with Crippen LogP contribution in [0.5, 0.6) is 5.75 Å². The molecule has 10 heteroatoms. The molecule has 1 aliphatic rings. The van der Waals surface area contributed by atoms with Gasteiger partial charge in [0, 0.05) is 28.7 Å². The van der Waals surface area contributed by atoms with E-state index in [-0.39, 0.29) is 24.0 Å². The summed E-state index contributed by atoms with van der Waals surface area (Å²) in [4.78, 5) is 20.0. The Morgan fingerprint density at radius 1 is 1.11 bits per heavy atom. The van der Waals surface area contributed by atoms with Gasteiger partial charge in [0.1, 0.15) is 21.9 Å². The van der Waals surface area contributed by atoms with Gasteiger partial charge in [0.25, 0.3) is 0 Å². The molecule has 0 atom stereocenters. The van der Waals surface area contributed by atoms with E-state index in [9.17, 15) is 18.0 Å². The third-order valence-electron chi connectivity index (χ3n) is 6.08. The average Bonchev–Trinajstić information content (AvgIpc) is 3.25. The van der Waals surface area contributed by atoms with Gasteiger partial charge >= 0.3 is 12.3 Å². The molecule has 4 rings (SSSR count). The lowest BCUT2D eigenvalue weighted by Crippen LogP contribution is -2.39. The topological polar surface area (TPSA) is 51.7 Å². The zero-order chi connectivity index (χ0) is 27.7. The Morgan fingerprint density at radius 2 is 1.79 bits per heavy atom. The van der Waals surface area contributed by atoms with Crippen LogP contribution in [-0.2, 0) is 23.9 Å². The monoisotopic (exact) mass is 610 g/mol. The maximum atomic E-state index is 14.3. The predicted molar refractivity (Wildman–Crippen MR) is 147 cm³/mol. The van der Waals surface area contributed by atoms with Crippen molar-refractivity contribution in [3.8, 4) is 27.4 Å². The highest BCUT2D eigenvalue weighted by molar-refractivity contribution is 9.09. The number of fused-ring (bicyclic) bond motifs is 1. The molecular formula is C28H30BrF3N2O3S. The molecule has 204 valence electrons. The summed E-state index contributed by atoms with van der Waals surface area (Å²) >= 11 is 4.74. The van der Waals surface area contributed by atoms with Crippen molar-refractivity contribution in [1.82, 2.24) is 9.88 Å². The van der Waals surface area contributed by atoms with Crippen molar-refractivity contribution in [3.05, 3.63) is 58.1 Å². The Kier molecular flexibility index (Phi) is 8.42. The van der Waals surface area contributed by atoms with Crippen molar-refractivity contribution in [2.24, 2.45) is 0 Å². The molecule has 2 aromatic carbocycles. The van der Waals surface area contributed by atoms with Crippen LogP contribution in [0.15, 0.2) is 36.4 Å². The second-order valence-electron chi connectivity index (χ2n) is 10.1. The Hall–Kier alpha value is -2.59. The largest absolute Gasteiger partial charge is 0.493 e. The minimum Gasteiger partial charge on any atom is -0.493 e. The summed E-state index contributed by atoms with van der Waals surface area (Å²) in [5.41, 5.74) is 1.57. The standard InChI is InChI=1S/C28H30BrF3N2O3S/c1-17-18(20-10-6-11-22(36-15-7-13-29)24(20)28(30,31)32)8-5-9-19(17)25-33-21-12-14-34(16-23(21)38-25)26(35)37-27(2,3)4/h5-6,8-11H,7,12-16H2,1-4H3. The molecule has 0 saturated carbocycles. The molecule has 1 aromatic heterocycles. The Morgan fingerprint density at radius 3 is 2.47 bits per heavy atom. The van der Waals surface area contributed by atoms with Crippen molar-refractivity contribution in [2.75, 3.05) is 18.5 Å². The first-order valence-corrected chi connectivity index (χ1v) is 14.3. The van der Waals surface area contributed by atoms with Gasteiger partial charge in [-0.15, -0.1) is 11.3 Å². The summed E-state index contributed by atoms with van der Waals surface area (Å²) < 4.78 is 53.9. The third kappa shape index (κ3) is 6.34. The Labute approximate surface area is 233 Å². The SMILES string of the molecule is Cc1c(-c2nc3c(s2)CN(C(=O)OC(C)(C)C)CC3)cccc1-c1cccc(OCCCBr)c1C(F)(F)F. The molecule has 0 saturated heterocycles. The number of amides is 1. The fourth-order valence-electron chi connectivity index (χ4n) is 4.36. The average molecular weight is 612 g/mol. The molecule has 0 spiro atoms. The molecule has 0 N–H and O–H groups in total. The number of alkyl halides is 4. The quantitative estimate of drug-likeness (QED) is 0.208. The maximum Gasteiger partial charge on any atom is 0.420 e. The number of ether oxygens (including phenoxy) is 2. The minimum atomic E-state index is -4.59. The highest BCUT2D eigenvalue weighted by atomic mass is 79.9. The molecule has 2 heterocycles. The van der Waals surface area contributed by atoms with E-state index in [2.05, 4.69) is 15.9 Å². The van der Waals surface area contributed by atoms with Gasteiger partial charge in [-0.2, -0.15) is 13.2 Å². The first kappa shape index (κ1) is 28.4. The van der Waals surface area contributed by atoms with Gasteiger partial charge in [0.2, 0.25) is 0 Å². The van der Waals surface area contributed by atoms with Crippen LogP contribution in [0.4, 0.5) is 18.0 Å². The van der Waals surface area contributed by atoms with Gasteiger partial charge < -0.3 is 14.4 Å². The molecule has 1 amide bonds. The number of hydrogen-bond acceptors (Lipinski definition) is 5. The summed E-state index contributed by atoms with van der Waals surface area (Å²) in [5.74, 6) is -0.173. The fourth-order valence-corrected chi connectivity index (χ4v) is 5.79. The van der Waals surface area contributed by atoms with Crippen LogP contribution >= 0.6 is 27.3 Å². The van der Waals surface area contributed by atoms with E-state index in [0.717, 1.165) is 21.1 Å². The van der Waals surface area contributed by atoms with Gasteiger partial charge in [-0.1, -0.05) is 46.3 Å². The molecule has 0 radical (unpaired) electrons. The summed E-state index contributed by atoms with van der Waals surface area (Å²) in [6.45, 7) is 8.38. The van der Waals surface area contributed by atoms with Crippen molar-refractivity contribution in [2.45, 2.75) is 58.9 Å². The second-order valence-corrected chi connectivity index (χ2v) is 12.0. The van der Waals surface area contributed by atoms with Gasteiger partial charge in [-0.3, -0.25) is 0 Å². The van der Waals surface area contributed by atoms with E-state index in [1.54, 1.807) is 23.1 Å². The van der Waals surface area contributed by atoms with Crippen LogP contribution in [0.3, 0.4) is 0 Å². The first-order valence-electron chi connectivity index (χ1n) is 12.3. The molecule has 0 fully saturated rings. The summed E-state index contributed by atoms with van der Waals surface area (Å²) in [5, 5.41) is 1.36. The summed E-state index contributed by atoms with van der Waals surface area (Å²) in [6.07, 6.45) is -3.77. The van der Waals surface area contributed by atoms with Crippen molar-refractivity contribution < 1.29 is 27.4 Å². The molecule has 1 aliphatic heterocycles. The van der Waals surface area contributed by atoms with E-state index < -0.39 is 17.3 Å². The normalized spacial score (nSPS) is 13.8. The number of thiazole rings is 1. The lowest BCUT2D eigenvalue weighted by Gasteiger charge is -2.29. The zero-order valence-electron chi connectivity index (χ0n) is 21.7. The number of carbonyl (C=O) groups excluding carboxylic acids is 1. The maximum absolute atomic E-state index is 14.3. The number of carbonyl (C=O) groups is 1. The molecule has 5 nitrogen and oxygen atoms in total. The number of aromatic nitrogens is 1. The molecule has 0 bridgehead atoms. The van der Waals surface area contributed by atoms with E-state index in [0.29, 0.717) is 42.4 Å². The molecule has 3 aromatic rings. The number of rotatable bonds is 6. The summed E-state index contributed by atoms with van der Waals surface area (Å²) in [7, 11) is 0. The predicted octanol–water partition coefficient (Wildman–Crippen LogP) is 8.26. The van der Waals surface area contributed by atoms with Crippen LogP contribution in [-0.4, -0.2) is 40.1 Å². The second kappa shape index (κ2) is 11.3. The van der Waals surface area contributed by atoms with Gasteiger partial charge in [0.05, 0.1) is 18.8 Å². The first-order chi connectivity index (χ1) is 17.9. The van der Waals surface area contributed by atoms with Gasteiger partial charge in [-0.05, 0) is 56.9 Å². The Bertz CT molecular complexity index is 1320. The van der Waals surface area contributed by atoms with Crippen LogP contribution in [0.2, 0.25) is 0 Å². The molecule has 38 heavy (non-hydrogen) atoms. The van der Waals surface area contributed by atoms with Gasteiger partial charge in [-0.25, -0.2) is 9.78 Å². The van der Waals surface area contributed by atoms with E-state index in [4.69, 9.17) is 14.5 Å². The van der Waals surface area contributed by atoms with Crippen molar-refractivity contribution >= 4 is 33.4 Å². The van der Waals surface area contributed by atoms with Crippen LogP contribution < -0.4 is 4.74 Å². The lowest BCUT2D eigenvalue weighted by atomic mass is 9.92. The fraction of sp³-hybridized carbons (Fsp3) is 0.429. The van der Waals surface area contributed by atoms with Crippen molar-refractivity contribution in [3.63, 3.8) is 0 Å². The number of hydrogen-bond donors (Lipinski definition) is 0. The smallest absolute Gasteiger partial charge is 0.420 e. The van der Waals surface area contributed by atoms with E-state index in [1.807, 2.05) is 33.8 Å². The van der Waals surface area contributed by atoms with Crippen LogP contribution in [0.25, 0.3) is 21.7 Å². The molecular weight excluding hydrogens is 581 g/mol. The number of benzene rings is 2. The minimum absolute atomic E-state index is 0.0746. The highest BCUT2D eigenvalue weighted by Gasteiger charge is 2.38. The third-order valence-corrected chi connectivity index (χ3v) is 7.76. The molecule has 0 unspecified atom stereocenters.